The molecule has 0 bridgehead atoms. The third-order valence-electron chi connectivity index (χ3n) is 3.59. The first-order valence-corrected chi connectivity index (χ1v) is 7.09. The first kappa shape index (κ1) is 13.6. The van der Waals surface area contributed by atoms with Crippen LogP contribution in [0.2, 0.25) is 0 Å². The van der Waals surface area contributed by atoms with E-state index in [4.69, 9.17) is 9.68 Å². The lowest BCUT2D eigenvalue weighted by molar-refractivity contribution is 0.391. The summed E-state index contributed by atoms with van der Waals surface area (Å²) in [6.07, 6.45) is 5.77. The van der Waals surface area contributed by atoms with Gasteiger partial charge in [-0.05, 0) is 31.0 Å². The van der Waals surface area contributed by atoms with E-state index in [-0.39, 0.29) is 0 Å². The molecule has 0 radical (unpaired) electrons. The van der Waals surface area contributed by atoms with E-state index in [1.807, 2.05) is 18.2 Å². The summed E-state index contributed by atoms with van der Waals surface area (Å²) in [6, 6.07) is 7.73. The number of nitrogens with zero attached hydrogens (tertiary/aromatic N) is 4. The smallest absolute Gasteiger partial charge is 0.225 e. The van der Waals surface area contributed by atoms with Crippen molar-refractivity contribution < 1.29 is 4.42 Å². The molecule has 108 valence electrons. The zero-order valence-electron chi connectivity index (χ0n) is 11.7. The molecule has 1 aliphatic rings. The minimum atomic E-state index is 0.356. The Morgan fingerprint density at radius 2 is 2.24 bits per heavy atom. The molecular weight excluding hydrogens is 266 g/mol. The molecular formula is C15H17N5O. The maximum atomic E-state index is 8.74. The molecule has 1 atom stereocenters. The summed E-state index contributed by atoms with van der Waals surface area (Å²) in [5.74, 6) is 1.93. The Morgan fingerprint density at radius 3 is 3.00 bits per heavy atom. The molecule has 0 saturated carbocycles. The van der Waals surface area contributed by atoms with Crippen LogP contribution in [0.4, 0.5) is 5.95 Å². The number of hydrogen-bond acceptors (Lipinski definition) is 6. The van der Waals surface area contributed by atoms with Crippen molar-refractivity contribution in [2.75, 3.05) is 18.0 Å². The molecule has 1 unspecified atom stereocenters. The van der Waals surface area contributed by atoms with Gasteiger partial charge in [-0.25, -0.2) is 9.97 Å². The van der Waals surface area contributed by atoms with Crippen LogP contribution in [0.25, 0.3) is 0 Å². The van der Waals surface area contributed by atoms with Crippen molar-refractivity contribution in [3.8, 4) is 6.07 Å². The molecule has 1 fully saturated rings. The highest BCUT2D eigenvalue weighted by molar-refractivity contribution is 5.29. The largest absolute Gasteiger partial charge is 0.449 e. The fraction of sp³-hybridized carbons (Fsp3) is 0.400. The Hall–Kier alpha value is -2.39. The first-order valence-electron chi connectivity index (χ1n) is 7.09. The Balaban J connectivity index is 1.55. The van der Waals surface area contributed by atoms with Gasteiger partial charge in [0.25, 0.3) is 0 Å². The van der Waals surface area contributed by atoms with Gasteiger partial charge in [-0.3, -0.25) is 0 Å². The summed E-state index contributed by atoms with van der Waals surface area (Å²) < 4.78 is 5.37. The van der Waals surface area contributed by atoms with Crippen molar-refractivity contribution in [2.45, 2.75) is 25.4 Å². The highest BCUT2D eigenvalue weighted by atomic mass is 16.3. The minimum Gasteiger partial charge on any atom is -0.449 e. The molecule has 1 N–H and O–H groups in total. The van der Waals surface area contributed by atoms with Crippen LogP contribution in [0.15, 0.2) is 35.0 Å². The van der Waals surface area contributed by atoms with Gasteiger partial charge in [-0.2, -0.15) is 5.26 Å². The molecule has 6 nitrogen and oxygen atoms in total. The van der Waals surface area contributed by atoms with E-state index >= 15 is 0 Å². The number of furan rings is 1. The number of rotatable bonds is 4. The van der Waals surface area contributed by atoms with Gasteiger partial charge in [0.15, 0.2) is 0 Å². The van der Waals surface area contributed by atoms with Gasteiger partial charge in [0.2, 0.25) is 11.7 Å². The summed E-state index contributed by atoms with van der Waals surface area (Å²) in [6.45, 7) is 2.51. The third kappa shape index (κ3) is 3.38. The monoisotopic (exact) mass is 283 g/mol. The average molecular weight is 283 g/mol. The molecule has 0 aliphatic carbocycles. The molecule has 0 amide bonds. The molecule has 21 heavy (non-hydrogen) atoms. The van der Waals surface area contributed by atoms with Crippen molar-refractivity contribution >= 4 is 5.95 Å². The topological polar surface area (TPSA) is 78.0 Å². The summed E-state index contributed by atoms with van der Waals surface area (Å²) in [7, 11) is 0. The van der Waals surface area contributed by atoms with E-state index in [1.165, 1.54) is 0 Å². The van der Waals surface area contributed by atoms with Gasteiger partial charge in [0.1, 0.15) is 11.8 Å². The SMILES string of the molecule is N#Cc1ccc(CNC2CCCN(c3ncccn3)C2)o1. The van der Waals surface area contributed by atoms with Crippen molar-refractivity contribution in [1.29, 1.82) is 5.26 Å². The number of nitrogens with one attached hydrogen (secondary N) is 1. The van der Waals surface area contributed by atoms with Gasteiger partial charge in [-0.15, -0.1) is 0 Å². The zero-order chi connectivity index (χ0) is 14.5. The van der Waals surface area contributed by atoms with Crippen LogP contribution >= 0.6 is 0 Å². The lowest BCUT2D eigenvalue weighted by atomic mass is 10.1. The summed E-state index contributed by atoms with van der Waals surface area (Å²) >= 11 is 0. The molecule has 2 aromatic rings. The van der Waals surface area contributed by atoms with Gasteiger partial charge in [0.05, 0.1) is 6.54 Å². The quantitative estimate of drug-likeness (QED) is 0.920. The highest BCUT2D eigenvalue weighted by Crippen LogP contribution is 2.16. The van der Waals surface area contributed by atoms with Crippen molar-refractivity contribution in [1.82, 2.24) is 15.3 Å². The molecule has 1 aliphatic heterocycles. The Morgan fingerprint density at radius 1 is 1.38 bits per heavy atom. The van der Waals surface area contributed by atoms with Crippen LogP contribution < -0.4 is 10.2 Å². The van der Waals surface area contributed by atoms with E-state index in [2.05, 4.69) is 20.2 Å². The van der Waals surface area contributed by atoms with Crippen molar-refractivity contribution in [3.05, 3.63) is 42.1 Å². The number of piperidine rings is 1. The van der Waals surface area contributed by atoms with Crippen molar-refractivity contribution in [3.63, 3.8) is 0 Å². The van der Waals surface area contributed by atoms with Crippen LogP contribution in [-0.4, -0.2) is 29.1 Å². The average Bonchev–Trinajstić information content (AvgIpc) is 3.02. The predicted octanol–water partition coefficient (Wildman–Crippen LogP) is 1.70. The van der Waals surface area contributed by atoms with E-state index in [0.717, 1.165) is 37.6 Å². The van der Waals surface area contributed by atoms with Gasteiger partial charge >= 0.3 is 0 Å². The van der Waals surface area contributed by atoms with E-state index in [1.54, 1.807) is 18.5 Å². The maximum Gasteiger partial charge on any atom is 0.225 e. The Kier molecular flexibility index (Phi) is 4.12. The van der Waals surface area contributed by atoms with Crippen LogP contribution in [0, 0.1) is 11.3 Å². The summed E-state index contributed by atoms with van der Waals surface area (Å²) in [4.78, 5) is 10.8. The first-order chi connectivity index (χ1) is 10.3. The third-order valence-corrected chi connectivity index (χ3v) is 3.59. The Labute approximate surface area is 123 Å². The maximum absolute atomic E-state index is 8.74. The molecule has 3 rings (SSSR count). The van der Waals surface area contributed by atoms with Crippen LogP contribution in [0.1, 0.15) is 24.4 Å². The fourth-order valence-corrected chi connectivity index (χ4v) is 2.56. The van der Waals surface area contributed by atoms with Gasteiger partial charge < -0.3 is 14.6 Å². The number of hydrogen-bond donors (Lipinski definition) is 1. The summed E-state index contributed by atoms with van der Waals surface area (Å²) in [5.41, 5.74) is 0. The second-order valence-corrected chi connectivity index (χ2v) is 5.09. The van der Waals surface area contributed by atoms with Crippen molar-refractivity contribution in [2.24, 2.45) is 0 Å². The van der Waals surface area contributed by atoms with Crippen LogP contribution in [0.5, 0.6) is 0 Å². The van der Waals surface area contributed by atoms with Gasteiger partial charge in [-0.1, -0.05) is 0 Å². The molecule has 0 aromatic carbocycles. The fourth-order valence-electron chi connectivity index (χ4n) is 2.56. The minimum absolute atomic E-state index is 0.356. The van der Waals surface area contributed by atoms with E-state index < -0.39 is 0 Å². The molecule has 0 spiro atoms. The summed E-state index contributed by atoms with van der Waals surface area (Å²) in [5, 5.41) is 12.2. The molecule has 6 heteroatoms. The molecule has 3 heterocycles. The lowest BCUT2D eigenvalue weighted by Gasteiger charge is -2.33. The lowest BCUT2D eigenvalue weighted by Crippen LogP contribution is -2.46. The van der Waals surface area contributed by atoms with Crippen LogP contribution in [-0.2, 0) is 6.54 Å². The number of anilines is 1. The standard InChI is InChI=1S/C15H17N5O/c16-9-13-4-5-14(21-13)10-19-12-3-1-8-20(11-12)15-17-6-2-7-18-15/h2,4-7,12,19H,1,3,8,10-11H2. The van der Waals surface area contributed by atoms with E-state index in [9.17, 15) is 0 Å². The van der Waals surface area contributed by atoms with E-state index in [0.29, 0.717) is 18.3 Å². The highest BCUT2D eigenvalue weighted by Gasteiger charge is 2.21. The van der Waals surface area contributed by atoms with Gasteiger partial charge in [0, 0.05) is 31.5 Å². The zero-order valence-corrected chi connectivity index (χ0v) is 11.7. The molecule has 2 aromatic heterocycles. The van der Waals surface area contributed by atoms with Crippen LogP contribution in [0.3, 0.4) is 0 Å². The second kappa shape index (κ2) is 6.37. The molecule has 1 saturated heterocycles. The second-order valence-electron chi connectivity index (χ2n) is 5.09. The number of nitriles is 1. The Bertz CT molecular complexity index is 618. The normalized spacial score (nSPS) is 18.4. The number of aromatic nitrogens is 2. The predicted molar refractivity (Wildman–Crippen MR) is 77.5 cm³/mol.